The van der Waals surface area contributed by atoms with Crippen molar-refractivity contribution in [1.82, 2.24) is 0 Å². The molecular weight excluding hydrogens is 184 g/mol. The molecule has 0 radical (unpaired) electrons. The second kappa shape index (κ2) is 3.62. The van der Waals surface area contributed by atoms with Crippen molar-refractivity contribution >= 4 is 0 Å². The van der Waals surface area contributed by atoms with Crippen LogP contribution in [0.25, 0.3) is 0 Å². The lowest BCUT2D eigenvalue weighted by Gasteiger charge is -2.49. The van der Waals surface area contributed by atoms with Crippen molar-refractivity contribution in [2.45, 2.75) is 59.0 Å². The van der Waals surface area contributed by atoms with Crippen molar-refractivity contribution in [3.8, 4) is 0 Å². The van der Waals surface area contributed by atoms with Crippen molar-refractivity contribution in [3.63, 3.8) is 0 Å². The molecule has 1 N–H and O–H groups in total. The van der Waals surface area contributed by atoms with E-state index in [1.54, 1.807) is 0 Å². The largest absolute Gasteiger partial charge is 0.386 e. The maximum atomic E-state index is 10.6. The minimum Gasteiger partial charge on any atom is -0.386 e. The van der Waals surface area contributed by atoms with Gasteiger partial charge in [0.25, 0.3) is 0 Å². The van der Waals surface area contributed by atoms with Gasteiger partial charge in [-0.1, -0.05) is 25.3 Å². The molecule has 4 atom stereocenters. The monoisotopic (exact) mass is 208 g/mol. The topological polar surface area (TPSA) is 20.2 Å². The number of fused-ring (bicyclic) bond motifs is 1. The number of aliphatic hydroxyl groups is 1. The van der Waals surface area contributed by atoms with E-state index < -0.39 is 5.60 Å². The minimum absolute atomic E-state index is 0.423. The van der Waals surface area contributed by atoms with E-state index in [1.165, 1.54) is 36.8 Å². The molecule has 86 valence electrons. The van der Waals surface area contributed by atoms with Crippen LogP contribution in [-0.4, -0.2) is 10.7 Å². The zero-order chi connectivity index (χ0) is 11.2. The van der Waals surface area contributed by atoms with Crippen LogP contribution in [0.2, 0.25) is 0 Å². The number of rotatable bonds is 0. The van der Waals surface area contributed by atoms with Crippen LogP contribution in [0.4, 0.5) is 0 Å². The fraction of sp³-hybridized carbons (Fsp3) is 0.857. The SMILES string of the molecule is CC1=C(C)C(C)(O)C(C)C2CCCCC12. The molecule has 0 heterocycles. The summed E-state index contributed by atoms with van der Waals surface area (Å²) < 4.78 is 0. The standard InChI is InChI=1S/C14H24O/c1-9-10(2)14(4,15)11(3)13-8-6-5-7-12(9)13/h11-13,15H,5-8H2,1-4H3. The van der Waals surface area contributed by atoms with Gasteiger partial charge in [0.15, 0.2) is 0 Å². The third-order valence-corrected chi connectivity index (χ3v) is 5.26. The summed E-state index contributed by atoms with van der Waals surface area (Å²) in [6.45, 7) is 8.59. The fourth-order valence-corrected chi connectivity index (χ4v) is 3.73. The van der Waals surface area contributed by atoms with Gasteiger partial charge in [-0.3, -0.25) is 0 Å². The Balaban J connectivity index is 2.40. The molecule has 0 aliphatic heterocycles. The molecule has 1 fully saturated rings. The molecule has 0 saturated heterocycles. The number of hydrogen-bond acceptors (Lipinski definition) is 1. The first kappa shape index (κ1) is 11.2. The predicted octanol–water partition coefficient (Wildman–Crippen LogP) is 3.53. The normalized spacial score (nSPS) is 46.6. The first-order valence-corrected chi connectivity index (χ1v) is 6.36. The average molecular weight is 208 g/mol. The Bertz CT molecular complexity index is 288. The first-order chi connectivity index (χ1) is 6.96. The minimum atomic E-state index is -0.567. The van der Waals surface area contributed by atoms with Gasteiger partial charge >= 0.3 is 0 Å². The molecule has 2 aliphatic carbocycles. The van der Waals surface area contributed by atoms with E-state index in [1.807, 2.05) is 6.92 Å². The van der Waals surface area contributed by atoms with E-state index in [0.29, 0.717) is 5.92 Å². The molecule has 15 heavy (non-hydrogen) atoms. The summed E-state index contributed by atoms with van der Waals surface area (Å²) in [6, 6.07) is 0. The van der Waals surface area contributed by atoms with Crippen molar-refractivity contribution in [3.05, 3.63) is 11.1 Å². The van der Waals surface area contributed by atoms with Crippen LogP contribution in [0.5, 0.6) is 0 Å². The second-order valence-electron chi connectivity index (χ2n) is 5.80. The lowest BCUT2D eigenvalue weighted by atomic mass is 9.59. The Morgan fingerprint density at radius 3 is 2.47 bits per heavy atom. The van der Waals surface area contributed by atoms with Crippen molar-refractivity contribution < 1.29 is 5.11 Å². The van der Waals surface area contributed by atoms with Gasteiger partial charge in [0.1, 0.15) is 0 Å². The summed E-state index contributed by atoms with van der Waals surface area (Å²) in [5.41, 5.74) is 2.14. The molecule has 0 amide bonds. The average Bonchev–Trinajstić information content (AvgIpc) is 2.24. The molecule has 0 spiro atoms. The molecule has 1 nitrogen and oxygen atoms in total. The molecule has 4 unspecified atom stereocenters. The van der Waals surface area contributed by atoms with E-state index in [-0.39, 0.29) is 0 Å². The molecule has 2 rings (SSSR count). The third-order valence-electron chi connectivity index (χ3n) is 5.26. The Kier molecular flexibility index (Phi) is 2.70. The second-order valence-corrected chi connectivity index (χ2v) is 5.80. The molecular formula is C14H24O. The quantitative estimate of drug-likeness (QED) is 0.604. The van der Waals surface area contributed by atoms with Crippen LogP contribution in [0, 0.1) is 17.8 Å². The lowest BCUT2D eigenvalue weighted by molar-refractivity contribution is -0.0213. The predicted molar refractivity (Wildman–Crippen MR) is 63.6 cm³/mol. The highest BCUT2D eigenvalue weighted by molar-refractivity contribution is 5.28. The van der Waals surface area contributed by atoms with Crippen molar-refractivity contribution in [2.75, 3.05) is 0 Å². The van der Waals surface area contributed by atoms with Gasteiger partial charge in [-0.05, 0) is 56.9 Å². The Hall–Kier alpha value is -0.300. The van der Waals surface area contributed by atoms with Crippen molar-refractivity contribution in [2.24, 2.45) is 17.8 Å². The molecule has 0 aromatic carbocycles. The zero-order valence-corrected chi connectivity index (χ0v) is 10.5. The van der Waals surface area contributed by atoms with Gasteiger partial charge in [0, 0.05) is 0 Å². The van der Waals surface area contributed by atoms with Gasteiger partial charge in [-0.15, -0.1) is 0 Å². The van der Waals surface area contributed by atoms with Crippen LogP contribution < -0.4 is 0 Å². The zero-order valence-electron chi connectivity index (χ0n) is 10.5. The van der Waals surface area contributed by atoms with Gasteiger partial charge in [-0.25, -0.2) is 0 Å². The van der Waals surface area contributed by atoms with Gasteiger partial charge in [0.05, 0.1) is 5.60 Å². The number of allylic oxidation sites excluding steroid dienone is 1. The maximum absolute atomic E-state index is 10.6. The maximum Gasteiger partial charge on any atom is 0.0856 e. The summed E-state index contributed by atoms with van der Waals surface area (Å²) in [5, 5.41) is 10.6. The summed E-state index contributed by atoms with van der Waals surface area (Å²) in [7, 11) is 0. The summed E-state index contributed by atoms with van der Waals surface area (Å²) in [4.78, 5) is 0. The van der Waals surface area contributed by atoms with E-state index in [9.17, 15) is 5.11 Å². The fourth-order valence-electron chi connectivity index (χ4n) is 3.73. The summed E-state index contributed by atoms with van der Waals surface area (Å²) in [5.74, 6) is 1.90. The molecule has 1 heteroatoms. The van der Waals surface area contributed by atoms with Crippen LogP contribution >= 0.6 is 0 Å². The highest BCUT2D eigenvalue weighted by Gasteiger charge is 2.45. The lowest BCUT2D eigenvalue weighted by Crippen LogP contribution is -2.47. The van der Waals surface area contributed by atoms with E-state index in [4.69, 9.17) is 0 Å². The van der Waals surface area contributed by atoms with Crippen LogP contribution in [0.15, 0.2) is 11.1 Å². The van der Waals surface area contributed by atoms with Crippen LogP contribution in [-0.2, 0) is 0 Å². The Labute approximate surface area is 93.6 Å². The highest BCUT2D eigenvalue weighted by atomic mass is 16.3. The molecule has 0 aromatic heterocycles. The molecule has 0 bridgehead atoms. The Morgan fingerprint density at radius 1 is 1.20 bits per heavy atom. The van der Waals surface area contributed by atoms with E-state index in [0.717, 1.165) is 11.8 Å². The first-order valence-electron chi connectivity index (χ1n) is 6.36. The number of hydrogen-bond donors (Lipinski definition) is 1. The molecule has 0 aromatic rings. The summed E-state index contributed by atoms with van der Waals surface area (Å²) >= 11 is 0. The Morgan fingerprint density at radius 2 is 1.80 bits per heavy atom. The summed E-state index contributed by atoms with van der Waals surface area (Å²) in [6.07, 6.45) is 5.38. The van der Waals surface area contributed by atoms with Gasteiger partial charge in [0.2, 0.25) is 0 Å². The third kappa shape index (κ3) is 1.56. The highest BCUT2D eigenvalue weighted by Crippen LogP contribution is 2.50. The van der Waals surface area contributed by atoms with E-state index in [2.05, 4.69) is 20.8 Å². The van der Waals surface area contributed by atoms with Crippen LogP contribution in [0.1, 0.15) is 53.4 Å². The smallest absolute Gasteiger partial charge is 0.0856 e. The van der Waals surface area contributed by atoms with E-state index >= 15 is 0 Å². The van der Waals surface area contributed by atoms with Crippen LogP contribution in [0.3, 0.4) is 0 Å². The van der Waals surface area contributed by atoms with Crippen molar-refractivity contribution in [1.29, 1.82) is 0 Å². The molecule has 2 aliphatic rings. The molecule has 1 saturated carbocycles. The van der Waals surface area contributed by atoms with Gasteiger partial charge in [-0.2, -0.15) is 0 Å². The van der Waals surface area contributed by atoms with Gasteiger partial charge < -0.3 is 5.11 Å².